The largest absolute Gasteiger partial charge is 0.468 e. The summed E-state index contributed by atoms with van der Waals surface area (Å²) < 4.78 is 9.84. The van der Waals surface area contributed by atoms with Crippen LogP contribution in [0.5, 0.6) is 0 Å². The summed E-state index contributed by atoms with van der Waals surface area (Å²) in [5, 5.41) is 5.02. The average Bonchev–Trinajstić information content (AvgIpc) is 2.79. The Hall–Kier alpha value is -3.19. The van der Waals surface area contributed by atoms with Gasteiger partial charge >= 0.3 is 12.1 Å². The minimum atomic E-state index is -1.16. The van der Waals surface area contributed by atoms with Crippen molar-refractivity contribution >= 4 is 36.5 Å². The Morgan fingerprint density at radius 1 is 1.21 bits per heavy atom. The molecule has 0 saturated heterocycles. The van der Waals surface area contributed by atoms with Crippen molar-refractivity contribution in [2.45, 2.75) is 51.8 Å². The number of nitrogens with one attached hydrogen (secondary N) is 2. The van der Waals surface area contributed by atoms with E-state index in [0.29, 0.717) is 17.5 Å². The molecule has 0 aliphatic heterocycles. The van der Waals surface area contributed by atoms with E-state index in [1.54, 1.807) is 45.0 Å². The summed E-state index contributed by atoms with van der Waals surface area (Å²) in [7, 11) is 1.20. The molecule has 34 heavy (non-hydrogen) atoms. The van der Waals surface area contributed by atoms with Gasteiger partial charge in [-0.05, 0) is 38.8 Å². The Balaban J connectivity index is 3.40. The van der Waals surface area contributed by atoms with Gasteiger partial charge in [0.2, 0.25) is 11.8 Å². The van der Waals surface area contributed by atoms with Crippen molar-refractivity contribution in [2.24, 2.45) is 0 Å². The minimum Gasteiger partial charge on any atom is -0.468 e. The van der Waals surface area contributed by atoms with Crippen molar-refractivity contribution in [1.29, 1.82) is 0 Å². The van der Waals surface area contributed by atoms with E-state index in [2.05, 4.69) is 33.9 Å². The number of nitrogens with zero attached hydrogens (tertiary/aromatic N) is 1. The maximum absolute atomic E-state index is 13.6. The summed E-state index contributed by atoms with van der Waals surface area (Å²) in [5.41, 5.74) is 0.0564. The fourth-order valence-corrected chi connectivity index (χ4v) is 3.34. The fraction of sp³-hybridized carbons (Fsp3) is 0.500. The molecule has 0 fully saturated rings. The third-order valence-electron chi connectivity index (χ3n) is 4.52. The Labute approximate surface area is 206 Å². The van der Waals surface area contributed by atoms with Crippen LogP contribution in [0.2, 0.25) is 0 Å². The summed E-state index contributed by atoms with van der Waals surface area (Å²) in [6.45, 7) is 6.73. The third-order valence-corrected chi connectivity index (χ3v) is 4.89. The number of carbonyl (C=O) groups is 4. The molecule has 2 N–H and O–H groups in total. The lowest BCUT2D eigenvalue weighted by molar-refractivity contribution is -0.144. The van der Waals surface area contributed by atoms with Gasteiger partial charge in [0.05, 0.1) is 7.11 Å². The highest BCUT2D eigenvalue weighted by molar-refractivity contribution is 7.80. The Bertz CT molecular complexity index is 922. The molecule has 1 rings (SSSR count). The van der Waals surface area contributed by atoms with Crippen LogP contribution in [-0.4, -0.2) is 66.4 Å². The smallest absolute Gasteiger partial charge is 0.408 e. The molecule has 0 aliphatic rings. The molecule has 0 spiro atoms. The molecule has 2 unspecified atom stereocenters. The number of methoxy groups -OCH3 is 1. The van der Waals surface area contributed by atoms with Gasteiger partial charge in [-0.1, -0.05) is 31.0 Å². The molecule has 0 radical (unpaired) electrons. The van der Waals surface area contributed by atoms with E-state index in [0.717, 1.165) is 0 Å². The van der Waals surface area contributed by atoms with Crippen molar-refractivity contribution < 1.29 is 28.7 Å². The fourth-order valence-electron chi connectivity index (χ4n) is 3.09. The van der Waals surface area contributed by atoms with E-state index >= 15 is 0 Å². The van der Waals surface area contributed by atoms with E-state index < -0.39 is 41.6 Å². The Morgan fingerprint density at radius 3 is 2.38 bits per heavy atom. The highest BCUT2D eigenvalue weighted by Gasteiger charge is 2.36. The quantitative estimate of drug-likeness (QED) is 0.262. The highest BCUT2D eigenvalue weighted by atomic mass is 32.1. The molecule has 1 aromatic rings. The molecule has 0 saturated carbocycles. The molecule has 0 bridgehead atoms. The number of alkyl carbamates (subject to hydrolysis) is 1. The number of esters is 1. The van der Waals surface area contributed by atoms with E-state index in [1.807, 2.05) is 6.92 Å². The molecular weight excluding hydrogens is 458 g/mol. The van der Waals surface area contributed by atoms with Gasteiger partial charge in [0.15, 0.2) is 0 Å². The SMILES string of the molecule is C#Cc1ccccc1C(C(=O)NCC(=O)OC)N(CCC)C(=O)C(CS)NC(=O)OC(C)(C)C. The first kappa shape index (κ1) is 28.8. The average molecular weight is 492 g/mol. The zero-order valence-electron chi connectivity index (χ0n) is 20.2. The van der Waals surface area contributed by atoms with Crippen LogP contribution in [-0.2, 0) is 23.9 Å². The van der Waals surface area contributed by atoms with E-state index in [-0.39, 0.29) is 18.8 Å². The summed E-state index contributed by atoms with van der Waals surface area (Å²) in [6.07, 6.45) is 5.37. The first-order chi connectivity index (χ1) is 16.0. The predicted octanol–water partition coefficient (Wildman–Crippen LogP) is 2.06. The van der Waals surface area contributed by atoms with Crippen molar-refractivity contribution in [3.05, 3.63) is 35.4 Å². The van der Waals surface area contributed by atoms with Gasteiger partial charge < -0.3 is 25.0 Å². The Kier molecular flexibility index (Phi) is 11.5. The molecule has 186 valence electrons. The lowest BCUT2D eigenvalue weighted by atomic mass is 9.97. The van der Waals surface area contributed by atoms with E-state index in [1.165, 1.54) is 12.0 Å². The normalized spacial score (nSPS) is 12.5. The predicted molar refractivity (Wildman–Crippen MR) is 131 cm³/mol. The van der Waals surface area contributed by atoms with Gasteiger partial charge in [-0.3, -0.25) is 14.4 Å². The number of terminal acetylenes is 1. The van der Waals surface area contributed by atoms with Gasteiger partial charge in [-0.2, -0.15) is 12.6 Å². The molecule has 9 nitrogen and oxygen atoms in total. The first-order valence-corrected chi connectivity index (χ1v) is 11.4. The van der Waals surface area contributed by atoms with Gasteiger partial charge in [0.25, 0.3) is 0 Å². The lowest BCUT2D eigenvalue weighted by Gasteiger charge is -2.34. The summed E-state index contributed by atoms with van der Waals surface area (Å²) in [4.78, 5) is 52.0. The van der Waals surface area contributed by atoms with Gasteiger partial charge in [0, 0.05) is 17.9 Å². The molecule has 1 aromatic carbocycles. The van der Waals surface area contributed by atoms with Crippen LogP contribution < -0.4 is 10.6 Å². The summed E-state index contributed by atoms with van der Waals surface area (Å²) in [6, 6.07) is 4.48. The number of rotatable bonds is 10. The van der Waals surface area contributed by atoms with Crippen molar-refractivity contribution in [1.82, 2.24) is 15.5 Å². The molecule has 0 aromatic heterocycles. The molecular formula is C24H33N3O6S. The van der Waals surface area contributed by atoms with Gasteiger partial charge in [-0.25, -0.2) is 4.79 Å². The molecule has 0 heterocycles. The Morgan fingerprint density at radius 2 is 1.85 bits per heavy atom. The maximum Gasteiger partial charge on any atom is 0.408 e. The summed E-state index contributed by atoms with van der Waals surface area (Å²) >= 11 is 4.22. The van der Waals surface area contributed by atoms with Gasteiger partial charge in [-0.15, -0.1) is 6.42 Å². The standard InChI is InChI=1S/C24H33N3O6S/c1-7-13-27(22(30)18(15-34)26-23(31)33-24(3,4)5)20(21(29)25-14-19(28)32-6)17-12-10-9-11-16(17)8-2/h2,9-12,18,20,34H,7,13-15H2,1,3-6H3,(H,25,29)(H,26,31). The van der Waals surface area contributed by atoms with Crippen LogP contribution in [0.4, 0.5) is 4.79 Å². The molecule has 10 heteroatoms. The van der Waals surface area contributed by atoms with Crippen LogP contribution in [0, 0.1) is 12.3 Å². The number of ether oxygens (including phenoxy) is 2. The third kappa shape index (κ3) is 8.63. The topological polar surface area (TPSA) is 114 Å². The van der Waals surface area contributed by atoms with E-state index in [4.69, 9.17) is 11.2 Å². The summed E-state index contributed by atoms with van der Waals surface area (Å²) in [5.74, 6) is 0.677. The van der Waals surface area contributed by atoms with Crippen LogP contribution in [0.1, 0.15) is 51.3 Å². The lowest BCUT2D eigenvalue weighted by Crippen LogP contribution is -2.54. The highest BCUT2D eigenvalue weighted by Crippen LogP contribution is 2.26. The number of benzene rings is 1. The second-order valence-electron chi connectivity index (χ2n) is 8.34. The zero-order valence-corrected chi connectivity index (χ0v) is 21.1. The van der Waals surface area contributed by atoms with Gasteiger partial charge in [0.1, 0.15) is 24.2 Å². The van der Waals surface area contributed by atoms with E-state index in [9.17, 15) is 19.2 Å². The van der Waals surface area contributed by atoms with Crippen molar-refractivity contribution in [3.8, 4) is 12.3 Å². The minimum absolute atomic E-state index is 0.0361. The second kappa shape index (κ2) is 13.5. The number of amides is 3. The molecule has 0 aliphatic carbocycles. The maximum atomic E-state index is 13.6. The second-order valence-corrected chi connectivity index (χ2v) is 8.71. The first-order valence-electron chi connectivity index (χ1n) is 10.8. The number of hydrogen-bond donors (Lipinski definition) is 3. The zero-order chi connectivity index (χ0) is 25.9. The number of carbonyl (C=O) groups excluding carboxylic acids is 4. The van der Waals surface area contributed by atoms with Crippen LogP contribution in [0.15, 0.2) is 24.3 Å². The number of thiol groups is 1. The van der Waals surface area contributed by atoms with Crippen molar-refractivity contribution in [2.75, 3.05) is 26.0 Å². The molecule has 2 atom stereocenters. The molecule has 3 amide bonds. The number of hydrogen-bond acceptors (Lipinski definition) is 7. The van der Waals surface area contributed by atoms with Crippen LogP contribution in [0.25, 0.3) is 0 Å². The van der Waals surface area contributed by atoms with Crippen molar-refractivity contribution in [3.63, 3.8) is 0 Å². The van der Waals surface area contributed by atoms with Crippen LogP contribution >= 0.6 is 12.6 Å². The monoisotopic (exact) mass is 491 g/mol. The van der Waals surface area contributed by atoms with Crippen LogP contribution in [0.3, 0.4) is 0 Å².